The van der Waals surface area contributed by atoms with Crippen LogP contribution in [0, 0.1) is 10.1 Å². The Hall–Kier alpha value is -2.99. The van der Waals surface area contributed by atoms with E-state index in [1.165, 1.54) is 6.07 Å². The molecule has 0 bridgehead atoms. The molecule has 0 aliphatic rings. The predicted octanol–water partition coefficient (Wildman–Crippen LogP) is 5.42. The van der Waals surface area contributed by atoms with E-state index in [9.17, 15) is 10.1 Å². The van der Waals surface area contributed by atoms with Crippen LogP contribution in [0.3, 0.4) is 0 Å². The lowest BCUT2D eigenvalue weighted by atomic mass is 10.1. The van der Waals surface area contributed by atoms with E-state index in [4.69, 9.17) is 5.10 Å². The lowest BCUT2D eigenvalue weighted by Gasteiger charge is -2.04. The molecule has 0 atom stereocenters. The van der Waals surface area contributed by atoms with Crippen LogP contribution in [-0.2, 0) is 6.54 Å². The Bertz CT molecular complexity index is 1110. The Labute approximate surface area is 158 Å². The van der Waals surface area contributed by atoms with Crippen LogP contribution < -0.4 is 0 Å². The lowest BCUT2D eigenvalue weighted by Crippen LogP contribution is -2.01. The van der Waals surface area contributed by atoms with E-state index >= 15 is 0 Å². The van der Waals surface area contributed by atoms with Crippen LogP contribution in [0.5, 0.6) is 0 Å². The first kappa shape index (κ1) is 16.5. The van der Waals surface area contributed by atoms with Crippen LogP contribution in [0.1, 0.15) is 5.56 Å². The van der Waals surface area contributed by atoms with Gasteiger partial charge in [-0.15, -0.1) is 0 Å². The molecular weight excluding hydrogens is 394 g/mol. The summed E-state index contributed by atoms with van der Waals surface area (Å²) >= 11 is 3.49. The number of nitrogens with zero attached hydrogens (tertiary/aromatic N) is 3. The smallest absolute Gasteiger partial charge is 0.260 e. The molecule has 0 radical (unpaired) electrons. The van der Waals surface area contributed by atoms with E-state index in [0.717, 1.165) is 32.2 Å². The van der Waals surface area contributed by atoms with Gasteiger partial charge in [-0.3, -0.25) is 14.8 Å². The number of hydrogen-bond acceptors (Lipinski definition) is 3. The number of halogens is 1. The number of fused-ring (bicyclic) bond motifs is 1. The number of rotatable bonds is 4. The lowest BCUT2D eigenvalue weighted by molar-refractivity contribution is -0.384. The van der Waals surface area contributed by atoms with E-state index < -0.39 is 0 Å². The number of nitro groups is 1. The van der Waals surface area contributed by atoms with Crippen LogP contribution in [-0.4, -0.2) is 14.7 Å². The Balaban J connectivity index is 1.89. The average Bonchev–Trinajstić information content (AvgIpc) is 3.00. The van der Waals surface area contributed by atoms with Crippen molar-refractivity contribution in [2.75, 3.05) is 0 Å². The predicted molar refractivity (Wildman–Crippen MR) is 105 cm³/mol. The van der Waals surface area contributed by atoms with Gasteiger partial charge >= 0.3 is 0 Å². The van der Waals surface area contributed by atoms with Crippen molar-refractivity contribution in [3.8, 4) is 11.3 Å². The molecule has 0 fully saturated rings. The summed E-state index contributed by atoms with van der Waals surface area (Å²) in [7, 11) is 0. The van der Waals surface area contributed by atoms with Gasteiger partial charge in [-0.05, 0) is 23.8 Å². The molecule has 26 heavy (non-hydrogen) atoms. The molecular formula is C20H14BrN3O2. The summed E-state index contributed by atoms with van der Waals surface area (Å²) in [6, 6.07) is 22.7. The van der Waals surface area contributed by atoms with Crippen LogP contribution in [0.4, 0.5) is 5.69 Å². The van der Waals surface area contributed by atoms with E-state index in [0.29, 0.717) is 6.54 Å². The molecule has 3 aromatic carbocycles. The summed E-state index contributed by atoms with van der Waals surface area (Å²) in [5.74, 6) is 0. The summed E-state index contributed by atoms with van der Waals surface area (Å²) < 4.78 is 2.90. The highest BCUT2D eigenvalue weighted by atomic mass is 79.9. The highest BCUT2D eigenvalue weighted by Crippen LogP contribution is 2.31. The molecule has 0 spiro atoms. The normalized spacial score (nSPS) is 11.0. The number of non-ortho nitro benzene ring substituents is 1. The van der Waals surface area contributed by atoms with Gasteiger partial charge in [0.1, 0.15) is 5.69 Å². The Morgan fingerprint density at radius 2 is 1.81 bits per heavy atom. The molecule has 0 saturated heterocycles. The molecule has 0 aliphatic carbocycles. The van der Waals surface area contributed by atoms with Gasteiger partial charge in [-0.25, -0.2) is 0 Å². The average molecular weight is 408 g/mol. The zero-order valence-corrected chi connectivity index (χ0v) is 15.3. The zero-order valence-electron chi connectivity index (χ0n) is 13.7. The fourth-order valence-electron chi connectivity index (χ4n) is 3.02. The summed E-state index contributed by atoms with van der Waals surface area (Å²) in [6.45, 7) is 0.584. The van der Waals surface area contributed by atoms with E-state index in [1.54, 1.807) is 12.1 Å². The van der Waals surface area contributed by atoms with Gasteiger partial charge in [0.25, 0.3) is 5.69 Å². The maximum atomic E-state index is 11.2. The molecule has 0 unspecified atom stereocenters. The van der Waals surface area contributed by atoms with Gasteiger partial charge in [0.05, 0.1) is 17.0 Å². The maximum absolute atomic E-state index is 11.2. The molecule has 1 heterocycles. The Kier molecular flexibility index (Phi) is 4.26. The number of nitro benzene ring substituents is 1. The van der Waals surface area contributed by atoms with Crippen molar-refractivity contribution in [3.63, 3.8) is 0 Å². The standard InChI is InChI=1S/C20H14BrN3O2/c21-16-8-4-5-14(11-16)13-23-19-10-9-17(24(25)26)12-18(19)20(22-23)15-6-2-1-3-7-15/h1-12H,13H2. The fraction of sp³-hybridized carbons (Fsp3) is 0.0500. The molecule has 0 saturated carbocycles. The van der Waals surface area contributed by atoms with E-state index in [-0.39, 0.29) is 10.6 Å². The van der Waals surface area contributed by atoms with Crippen LogP contribution >= 0.6 is 15.9 Å². The van der Waals surface area contributed by atoms with Crippen LogP contribution in [0.15, 0.2) is 77.3 Å². The minimum atomic E-state index is -0.375. The highest BCUT2D eigenvalue weighted by Gasteiger charge is 2.16. The van der Waals surface area contributed by atoms with Crippen molar-refractivity contribution in [1.82, 2.24) is 9.78 Å². The van der Waals surface area contributed by atoms with Gasteiger partial charge in [-0.2, -0.15) is 5.10 Å². The second-order valence-corrected chi connectivity index (χ2v) is 6.88. The molecule has 4 aromatic rings. The SMILES string of the molecule is O=[N+]([O-])c1ccc2c(c1)c(-c1ccccc1)nn2Cc1cccc(Br)c1. The van der Waals surface area contributed by atoms with Crippen LogP contribution in [0.2, 0.25) is 0 Å². The summed E-state index contributed by atoms with van der Waals surface area (Å²) in [4.78, 5) is 10.8. The molecule has 5 nitrogen and oxygen atoms in total. The molecule has 0 aliphatic heterocycles. The highest BCUT2D eigenvalue weighted by molar-refractivity contribution is 9.10. The van der Waals surface area contributed by atoms with Gasteiger partial charge in [0.15, 0.2) is 0 Å². The Morgan fingerprint density at radius 1 is 1.00 bits per heavy atom. The van der Waals surface area contributed by atoms with Gasteiger partial charge < -0.3 is 0 Å². The molecule has 0 amide bonds. The second-order valence-electron chi connectivity index (χ2n) is 5.96. The molecule has 1 aromatic heterocycles. The van der Waals surface area contributed by atoms with E-state index in [2.05, 4.69) is 15.9 Å². The minimum Gasteiger partial charge on any atom is -0.260 e. The third kappa shape index (κ3) is 3.11. The van der Waals surface area contributed by atoms with E-state index in [1.807, 2.05) is 59.3 Å². The monoisotopic (exact) mass is 407 g/mol. The molecule has 128 valence electrons. The van der Waals surface area contributed by atoms with Gasteiger partial charge in [0, 0.05) is 27.6 Å². The number of hydrogen-bond donors (Lipinski definition) is 0. The largest absolute Gasteiger partial charge is 0.270 e. The number of benzene rings is 3. The first-order chi connectivity index (χ1) is 12.6. The molecule has 0 N–H and O–H groups in total. The molecule has 6 heteroatoms. The van der Waals surface area contributed by atoms with Gasteiger partial charge in [0.2, 0.25) is 0 Å². The minimum absolute atomic E-state index is 0.0664. The van der Waals surface area contributed by atoms with Crippen molar-refractivity contribution in [2.45, 2.75) is 6.54 Å². The second kappa shape index (κ2) is 6.72. The van der Waals surface area contributed by atoms with Crippen molar-refractivity contribution in [2.24, 2.45) is 0 Å². The summed E-state index contributed by atoms with van der Waals surface area (Å²) in [5, 5.41) is 16.7. The van der Waals surface area contributed by atoms with Crippen LogP contribution in [0.25, 0.3) is 22.2 Å². The quantitative estimate of drug-likeness (QED) is 0.335. The summed E-state index contributed by atoms with van der Waals surface area (Å²) in [6.07, 6.45) is 0. The topological polar surface area (TPSA) is 61.0 Å². The summed E-state index contributed by atoms with van der Waals surface area (Å²) in [5.41, 5.74) is 3.72. The Morgan fingerprint density at radius 3 is 2.54 bits per heavy atom. The van der Waals surface area contributed by atoms with Crippen molar-refractivity contribution >= 4 is 32.5 Å². The van der Waals surface area contributed by atoms with Crippen molar-refractivity contribution in [3.05, 3.63) is 92.9 Å². The van der Waals surface area contributed by atoms with Crippen molar-refractivity contribution in [1.29, 1.82) is 0 Å². The molecule has 4 rings (SSSR count). The third-order valence-corrected chi connectivity index (χ3v) is 4.71. The van der Waals surface area contributed by atoms with Crippen molar-refractivity contribution < 1.29 is 4.92 Å². The third-order valence-electron chi connectivity index (χ3n) is 4.21. The fourth-order valence-corrected chi connectivity index (χ4v) is 3.47. The first-order valence-corrected chi connectivity index (χ1v) is 8.86. The zero-order chi connectivity index (χ0) is 18.1. The number of aromatic nitrogens is 2. The first-order valence-electron chi connectivity index (χ1n) is 8.06. The van der Waals surface area contributed by atoms with Gasteiger partial charge in [-0.1, -0.05) is 58.4 Å². The maximum Gasteiger partial charge on any atom is 0.270 e.